The van der Waals surface area contributed by atoms with Crippen LogP contribution in [0.5, 0.6) is 0 Å². The van der Waals surface area contributed by atoms with E-state index >= 15 is 0 Å². The van der Waals surface area contributed by atoms with E-state index in [1.165, 1.54) is 25.9 Å². The fourth-order valence-corrected chi connectivity index (χ4v) is 4.05. The van der Waals surface area contributed by atoms with Crippen LogP contribution in [-0.2, 0) is 6.42 Å². The summed E-state index contributed by atoms with van der Waals surface area (Å²) in [6.45, 7) is 4.20. The van der Waals surface area contributed by atoms with Gasteiger partial charge < -0.3 is 15.5 Å². The molecule has 0 saturated carbocycles. The first-order chi connectivity index (χ1) is 13.3. The number of piperidine rings is 3. The molecule has 6 nitrogen and oxygen atoms in total. The summed E-state index contributed by atoms with van der Waals surface area (Å²) in [4.78, 5) is 23.5. The summed E-state index contributed by atoms with van der Waals surface area (Å²) in [6, 6.07) is 10.1. The van der Waals surface area contributed by atoms with Crippen molar-refractivity contribution in [3.05, 3.63) is 54.0 Å². The van der Waals surface area contributed by atoms with Gasteiger partial charge in [-0.1, -0.05) is 6.07 Å². The van der Waals surface area contributed by atoms with Gasteiger partial charge in [-0.2, -0.15) is 0 Å². The van der Waals surface area contributed by atoms with Gasteiger partial charge in [0.1, 0.15) is 5.82 Å². The first-order valence-corrected chi connectivity index (χ1v) is 9.91. The molecule has 0 spiro atoms. The minimum Gasteiger partial charge on any atom is -0.366 e. The van der Waals surface area contributed by atoms with Crippen molar-refractivity contribution >= 4 is 11.7 Å². The highest BCUT2D eigenvalue weighted by atomic mass is 16.1. The first-order valence-electron chi connectivity index (χ1n) is 9.91. The lowest BCUT2D eigenvalue weighted by atomic mass is 9.84. The Bertz CT molecular complexity index is 741. The van der Waals surface area contributed by atoms with Gasteiger partial charge in [-0.05, 0) is 69.0 Å². The number of hydrogen-bond acceptors (Lipinski definition) is 5. The topological polar surface area (TPSA) is 70.2 Å². The maximum Gasteiger partial charge on any atom is 0.252 e. The normalized spacial score (nSPS) is 23.8. The molecule has 2 aromatic rings. The highest BCUT2D eigenvalue weighted by Gasteiger charge is 2.34. The average molecular weight is 365 g/mol. The van der Waals surface area contributed by atoms with Crippen LogP contribution in [0.25, 0.3) is 0 Å². The molecule has 1 amide bonds. The number of rotatable bonds is 7. The van der Waals surface area contributed by atoms with Crippen LogP contribution in [0.1, 0.15) is 35.3 Å². The van der Waals surface area contributed by atoms with Crippen LogP contribution in [0.15, 0.2) is 42.7 Å². The van der Waals surface area contributed by atoms with Crippen molar-refractivity contribution in [2.45, 2.75) is 31.7 Å². The van der Waals surface area contributed by atoms with E-state index in [0.717, 1.165) is 36.8 Å². The molecule has 0 unspecified atom stereocenters. The molecule has 1 atom stereocenters. The smallest absolute Gasteiger partial charge is 0.252 e. The first kappa shape index (κ1) is 17.9. The third-order valence-corrected chi connectivity index (χ3v) is 5.64. The van der Waals surface area contributed by atoms with E-state index in [9.17, 15) is 4.79 Å². The number of carbonyl (C=O) groups is 1. The molecule has 0 radical (unpaired) electrons. The summed E-state index contributed by atoms with van der Waals surface area (Å²) in [7, 11) is 0. The molecule has 2 N–H and O–H groups in total. The van der Waals surface area contributed by atoms with E-state index in [1.807, 2.05) is 30.3 Å². The molecule has 6 heteroatoms. The molecular formula is C21H27N5O. The number of anilines is 1. The summed E-state index contributed by atoms with van der Waals surface area (Å²) >= 11 is 0. The summed E-state index contributed by atoms with van der Waals surface area (Å²) < 4.78 is 0. The standard InChI is InChI=1S/C21H27N5O/c27-21(23-11-3-5-18-4-1-2-10-22-18)17-6-7-20(24-14-17)25-19-15-26-12-8-16(19)9-13-26/h1-2,4,6-7,10,14,16,19H,3,5,8-9,11-13,15H2,(H,23,27)(H,24,25)/t19-/m0/s1. The second-order valence-electron chi connectivity index (χ2n) is 7.50. The van der Waals surface area contributed by atoms with E-state index in [-0.39, 0.29) is 5.91 Å². The highest BCUT2D eigenvalue weighted by molar-refractivity contribution is 5.94. The maximum absolute atomic E-state index is 12.3. The van der Waals surface area contributed by atoms with Gasteiger partial charge in [-0.3, -0.25) is 9.78 Å². The Hall–Kier alpha value is -2.47. The lowest BCUT2D eigenvalue weighted by Gasteiger charge is -2.45. The molecule has 27 heavy (non-hydrogen) atoms. The minimum absolute atomic E-state index is 0.0714. The molecule has 3 fully saturated rings. The minimum atomic E-state index is -0.0714. The summed E-state index contributed by atoms with van der Waals surface area (Å²) in [5, 5.41) is 6.52. The zero-order chi connectivity index (χ0) is 18.5. The number of amides is 1. The Kier molecular flexibility index (Phi) is 5.63. The third kappa shape index (κ3) is 4.63. The Morgan fingerprint density at radius 1 is 1.15 bits per heavy atom. The molecule has 3 aliphatic rings. The number of fused-ring (bicyclic) bond motifs is 3. The number of nitrogens with one attached hydrogen (secondary N) is 2. The van der Waals surface area contributed by atoms with Crippen molar-refractivity contribution in [2.24, 2.45) is 5.92 Å². The van der Waals surface area contributed by atoms with Gasteiger partial charge >= 0.3 is 0 Å². The van der Waals surface area contributed by atoms with Crippen molar-refractivity contribution in [3.8, 4) is 0 Å². The monoisotopic (exact) mass is 365 g/mol. The molecule has 3 saturated heterocycles. The molecular weight excluding hydrogens is 338 g/mol. The van der Waals surface area contributed by atoms with E-state index < -0.39 is 0 Å². The Balaban J connectivity index is 1.23. The van der Waals surface area contributed by atoms with Crippen molar-refractivity contribution in [1.29, 1.82) is 0 Å². The number of aryl methyl sites for hydroxylation is 1. The van der Waals surface area contributed by atoms with Crippen LogP contribution in [0.4, 0.5) is 5.82 Å². The van der Waals surface area contributed by atoms with Crippen LogP contribution in [-0.4, -0.2) is 53.0 Å². The number of nitrogens with zero attached hydrogens (tertiary/aromatic N) is 3. The second kappa shape index (κ2) is 8.48. The number of carbonyl (C=O) groups excluding carboxylic acids is 1. The van der Waals surface area contributed by atoms with Gasteiger partial charge in [0.2, 0.25) is 0 Å². The summed E-state index contributed by atoms with van der Waals surface area (Å²) in [5.74, 6) is 1.54. The Labute approximate surface area is 160 Å². The molecule has 142 valence electrons. The zero-order valence-corrected chi connectivity index (χ0v) is 15.6. The molecule has 3 aliphatic heterocycles. The van der Waals surface area contributed by atoms with Gasteiger partial charge in [0.05, 0.1) is 5.56 Å². The second-order valence-corrected chi connectivity index (χ2v) is 7.50. The van der Waals surface area contributed by atoms with Crippen molar-refractivity contribution < 1.29 is 4.79 Å². The quantitative estimate of drug-likeness (QED) is 0.737. The summed E-state index contributed by atoms with van der Waals surface area (Å²) in [6.07, 6.45) is 7.74. The number of pyridine rings is 2. The van der Waals surface area contributed by atoms with Crippen molar-refractivity contribution in [3.63, 3.8) is 0 Å². The van der Waals surface area contributed by atoms with Gasteiger partial charge in [-0.25, -0.2) is 4.98 Å². The molecule has 2 aromatic heterocycles. The van der Waals surface area contributed by atoms with E-state index in [2.05, 4.69) is 25.5 Å². The predicted molar refractivity (Wildman–Crippen MR) is 106 cm³/mol. The molecule has 0 aliphatic carbocycles. The lowest BCUT2D eigenvalue weighted by molar-refractivity contribution is 0.0952. The van der Waals surface area contributed by atoms with E-state index in [0.29, 0.717) is 18.2 Å². The van der Waals surface area contributed by atoms with E-state index in [1.54, 1.807) is 12.4 Å². The van der Waals surface area contributed by atoms with Crippen LogP contribution >= 0.6 is 0 Å². The van der Waals surface area contributed by atoms with Crippen molar-refractivity contribution in [2.75, 3.05) is 31.5 Å². The molecule has 2 bridgehead atoms. The predicted octanol–water partition coefficient (Wildman–Crippen LogP) is 2.35. The average Bonchev–Trinajstić information content (AvgIpc) is 2.73. The van der Waals surface area contributed by atoms with Crippen LogP contribution in [0, 0.1) is 5.92 Å². The fraction of sp³-hybridized carbons (Fsp3) is 0.476. The molecule has 5 heterocycles. The largest absolute Gasteiger partial charge is 0.366 e. The van der Waals surface area contributed by atoms with Crippen LogP contribution in [0.3, 0.4) is 0 Å². The Morgan fingerprint density at radius 3 is 2.70 bits per heavy atom. The van der Waals surface area contributed by atoms with Crippen molar-refractivity contribution in [1.82, 2.24) is 20.2 Å². The van der Waals surface area contributed by atoms with E-state index in [4.69, 9.17) is 0 Å². The Morgan fingerprint density at radius 2 is 2.04 bits per heavy atom. The fourth-order valence-electron chi connectivity index (χ4n) is 4.05. The molecule has 5 rings (SSSR count). The SMILES string of the molecule is O=C(NCCCc1ccccn1)c1ccc(N[C@H]2CN3CCC2CC3)nc1. The number of hydrogen-bond donors (Lipinski definition) is 2. The van der Waals surface area contributed by atoms with Gasteiger partial charge in [0, 0.05) is 37.2 Å². The molecule has 0 aromatic carbocycles. The van der Waals surface area contributed by atoms with Gasteiger partial charge in [-0.15, -0.1) is 0 Å². The van der Waals surface area contributed by atoms with Gasteiger partial charge in [0.25, 0.3) is 5.91 Å². The number of aromatic nitrogens is 2. The highest BCUT2D eigenvalue weighted by Crippen LogP contribution is 2.29. The van der Waals surface area contributed by atoms with Crippen LogP contribution in [0.2, 0.25) is 0 Å². The zero-order valence-electron chi connectivity index (χ0n) is 15.6. The third-order valence-electron chi connectivity index (χ3n) is 5.64. The van der Waals surface area contributed by atoms with Gasteiger partial charge in [0.15, 0.2) is 0 Å². The lowest BCUT2D eigenvalue weighted by Crippen LogP contribution is -2.53. The van der Waals surface area contributed by atoms with Crippen LogP contribution < -0.4 is 10.6 Å². The maximum atomic E-state index is 12.3. The summed E-state index contributed by atoms with van der Waals surface area (Å²) in [5.41, 5.74) is 1.66.